The Hall–Kier alpha value is -0.530. The van der Waals surface area contributed by atoms with Crippen LogP contribution in [0, 0.1) is 23.2 Å². The summed E-state index contributed by atoms with van der Waals surface area (Å²) in [5, 5.41) is 0. The molecule has 3 aliphatic rings. The van der Waals surface area contributed by atoms with E-state index in [1.807, 2.05) is 6.92 Å². The highest BCUT2D eigenvalue weighted by Gasteiger charge is 2.54. The molecule has 15 heavy (non-hydrogen) atoms. The van der Waals surface area contributed by atoms with E-state index >= 15 is 0 Å². The van der Waals surface area contributed by atoms with Crippen LogP contribution in [0.4, 0.5) is 0 Å². The maximum atomic E-state index is 11.5. The highest BCUT2D eigenvalue weighted by molar-refractivity contribution is 5.69. The zero-order valence-corrected chi connectivity index (χ0v) is 10.1. The lowest BCUT2D eigenvalue weighted by Gasteiger charge is -2.60. The van der Waals surface area contributed by atoms with Crippen molar-refractivity contribution in [3.63, 3.8) is 0 Å². The Morgan fingerprint density at radius 1 is 1.40 bits per heavy atom. The van der Waals surface area contributed by atoms with Crippen molar-refractivity contribution in [2.45, 2.75) is 46.5 Å². The third kappa shape index (κ3) is 1.79. The largest absolute Gasteiger partial charge is 0.466 e. The number of carbonyl (C=O) groups is 1. The Labute approximate surface area is 92.4 Å². The van der Waals surface area contributed by atoms with Gasteiger partial charge in [-0.15, -0.1) is 0 Å². The van der Waals surface area contributed by atoms with Crippen molar-refractivity contribution in [3.8, 4) is 0 Å². The molecule has 3 aliphatic carbocycles. The van der Waals surface area contributed by atoms with Crippen LogP contribution in [0.5, 0.6) is 0 Å². The van der Waals surface area contributed by atoms with Crippen molar-refractivity contribution in [2.75, 3.05) is 6.61 Å². The lowest BCUT2D eigenvalue weighted by Crippen LogP contribution is -2.52. The molecule has 1 unspecified atom stereocenters. The first-order valence-electron chi connectivity index (χ1n) is 6.21. The third-order valence-corrected chi connectivity index (χ3v) is 4.74. The van der Waals surface area contributed by atoms with Crippen LogP contribution in [0.2, 0.25) is 0 Å². The normalized spacial score (nSPS) is 36.9. The molecule has 0 amide bonds. The Balaban J connectivity index is 1.91. The summed E-state index contributed by atoms with van der Waals surface area (Å²) in [4.78, 5) is 11.5. The molecule has 0 radical (unpaired) electrons. The summed E-state index contributed by atoms with van der Waals surface area (Å²) >= 11 is 0. The molecule has 3 saturated carbocycles. The highest BCUT2D eigenvalue weighted by Crippen LogP contribution is 2.61. The third-order valence-electron chi connectivity index (χ3n) is 4.74. The molecule has 2 bridgehead atoms. The molecule has 3 atom stereocenters. The van der Waals surface area contributed by atoms with E-state index < -0.39 is 0 Å². The minimum absolute atomic E-state index is 0.00338. The van der Waals surface area contributed by atoms with Gasteiger partial charge in [0.15, 0.2) is 0 Å². The van der Waals surface area contributed by atoms with Crippen LogP contribution in [-0.4, -0.2) is 12.6 Å². The number of rotatable bonds is 3. The second-order valence-corrected chi connectivity index (χ2v) is 5.71. The molecule has 0 aromatic carbocycles. The van der Waals surface area contributed by atoms with Gasteiger partial charge in [0.2, 0.25) is 0 Å². The van der Waals surface area contributed by atoms with Crippen LogP contribution in [0.1, 0.15) is 46.5 Å². The Morgan fingerprint density at radius 2 is 2.13 bits per heavy atom. The molecule has 0 saturated heterocycles. The molecule has 0 aromatic rings. The van der Waals surface area contributed by atoms with E-state index in [9.17, 15) is 4.79 Å². The average molecular weight is 210 g/mol. The fourth-order valence-corrected chi connectivity index (χ4v) is 3.64. The average Bonchev–Trinajstić information content (AvgIpc) is 2.17. The summed E-state index contributed by atoms with van der Waals surface area (Å²) in [6.45, 7) is 7.12. The first kappa shape index (κ1) is 11.0. The van der Waals surface area contributed by atoms with E-state index in [1.165, 1.54) is 19.3 Å². The number of hydrogen-bond donors (Lipinski definition) is 0. The number of carbonyl (C=O) groups excluding carboxylic acids is 1. The minimum Gasteiger partial charge on any atom is -0.466 e. The summed E-state index contributed by atoms with van der Waals surface area (Å²) in [7, 11) is 0. The SMILES string of the molecule is CCOC(=O)CC1CC[C@H]2C[C@H]1C2(C)C. The van der Waals surface area contributed by atoms with Crippen molar-refractivity contribution in [1.82, 2.24) is 0 Å². The van der Waals surface area contributed by atoms with Crippen LogP contribution in [0.3, 0.4) is 0 Å². The predicted molar refractivity (Wildman–Crippen MR) is 59.4 cm³/mol. The zero-order valence-electron chi connectivity index (χ0n) is 10.1. The van der Waals surface area contributed by atoms with Crippen molar-refractivity contribution in [1.29, 1.82) is 0 Å². The standard InChI is InChI=1S/C13H22O2/c1-4-15-12(14)7-9-5-6-10-8-11(9)13(10,2)3/h9-11H,4-8H2,1-3H3/t9?,10-,11+/m0/s1. The van der Waals surface area contributed by atoms with E-state index in [0.29, 0.717) is 24.4 Å². The van der Waals surface area contributed by atoms with Crippen molar-refractivity contribution < 1.29 is 9.53 Å². The lowest BCUT2D eigenvalue weighted by molar-refractivity contribution is -0.152. The van der Waals surface area contributed by atoms with E-state index in [-0.39, 0.29) is 5.97 Å². The molecule has 0 spiro atoms. The number of ether oxygens (including phenoxy) is 1. The van der Waals surface area contributed by atoms with E-state index in [0.717, 1.165) is 11.8 Å². The molecule has 86 valence electrons. The van der Waals surface area contributed by atoms with Gasteiger partial charge in [0.25, 0.3) is 0 Å². The lowest BCUT2D eigenvalue weighted by atomic mass is 9.45. The van der Waals surface area contributed by atoms with Crippen LogP contribution >= 0.6 is 0 Å². The maximum absolute atomic E-state index is 11.5. The van der Waals surface area contributed by atoms with Crippen LogP contribution < -0.4 is 0 Å². The second kappa shape index (κ2) is 3.80. The molecular weight excluding hydrogens is 188 g/mol. The van der Waals surface area contributed by atoms with Crippen molar-refractivity contribution >= 4 is 5.97 Å². The smallest absolute Gasteiger partial charge is 0.306 e. The molecule has 3 fully saturated rings. The Kier molecular flexibility index (Phi) is 2.78. The Morgan fingerprint density at radius 3 is 2.67 bits per heavy atom. The maximum Gasteiger partial charge on any atom is 0.306 e. The minimum atomic E-state index is 0.00338. The first-order valence-corrected chi connectivity index (χ1v) is 6.21. The van der Waals surface area contributed by atoms with Gasteiger partial charge in [-0.25, -0.2) is 0 Å². The fourth-order valence-electron chi connectivity index (χ4n) is 3.64. The molecule has 0 aromatic heterocycles. The first-order chi connectivity index (χ1) is 7.05. The monoisotopic (exact) mass is 210 g/mol. The van der Waals surface area contributed by atoms with Crippen LogP contribution in [0.25, 0.3) is 0 Å². The molecule has 0 heterocycles. The fraction of sp³-hybridized carbons (Fsp3) is 0.923. The summed E-state index contributed by atoms with van der Waals surface area (Å²) in [6, 6.07) is 0. The van der Waals surface area contributed by atoms with Gasteiger partial charge in [0, 0.05) is 6.42 Å². The van der Waals surface area contributed by atoms with Gasteiger partial charge >= 0.3 is 5.97 Å². The summed E-state index contributed by atoms with van der Waals surface area (Å²) < 4.78 is 5.04. The molecule has 3 rings (SSSR count). The van der Waals surface area contributed by atoms with Crippen molar-refractivity contribution in [3.05, 3.63) is 0 Å². The molecular formula is C13H22O2. The molecule has 2 nitrogen and oxygen atoms in total. The second-order valence-electron chi connectivity index (χ2n) is 5.71. The Bertz CT molecular complexity index is 255. The topological polar surface area (TPSA) is 26.3 Å². The van der Waals surface area contributed by atoms with Gasteiger partial charge in [-0.2, -0.15) is 0 Å². The van der Waals surface area contributed by atoms with Gasteiger partial charge in [0.05, 0.1) is 6.61 Å². The van der Waals surface area contributed by atoms with Crippen LogP contribution in [0.15, 0.2) is 0 Å². The van der Waals surface area contributed by atoms with E-state index in [2.05, 4.69) is 13.8 Å². The molecule has 0 aliphatic heterocycles. The van der Waals surface area contributed by atoms with Gasteiger partial charge < -0.3 is 4.74 Å². The van der Waals surface area contributed by atoms with E-state index in [4.69, 9.17) is 4.74 Å². The number of esters is 1. The molecule has 0 N–H and O–H groups in total. The number of fused-ring (bicyclic) bond motifs is 2. The number of hydrogen-bond acceptors (Lipinski definition) is 2. The molecule has 2 heteroatoms. The van der Waals surface area contributed by atoms with Gasteiger partial charge in [-0.3, -0.25) is 4.79 Å². The zero-order chi connectivity index (χ0) is 11.1. The summed E-state index contributed by atoms with van der Waals surface area (Å²) in [5.74, 6) is 2.27. The van der Waals surface area contributed by atoms with E-state index in [1.54, 1.807) is 0 Å². The van der Waals surface area contributed by atoms with Gasteiger partial charge in [-0.05, 0) is 49.4 Å². The summed E-state index contributed by atoms with van der Waals surface area (Å²) in [5.41, 5.74) is 0.482. The quantitative estimate of drug-likeness (QED) is 0.669. The van der Waals surface area contributed by atoms with Crippen LogP contribution in [-0.2, 0) is 9.53 Å². The van der Waals surface area contributed by atoms with Gasteiger partial charge in [-0.1, -0.05) is 13.8 Å². The summed E-state index contributed by atoms with van der Waals surface area (Å²) in [6.07, 6.45) is 4.54. The highest BCUT2D eigenvalue weighted by atomic mass is 16.5. The van der Waals surface area contributed by atoms with Gasteiger partial charge in [0.1, 0.15) is 0 Å². The van der Waals surface area contributed by atoms with Crippen molar-refractivity contribution in [2.24, 2.45) is 23.2 Å². The predicted octanol–water partition coefficient (Wildman–Crippen LogP) is 3.01.